The van der Waals surface area contributed by atoms with Gasteiger partial charge in [-0.05, 0) is 31.8 Å². The minimum Gasteiger partial charge on any atom is -0.304 e. The Morgan fingerprint density at radius 2 is 1.61 bits per heavy atom. The summed E-state index contributed by atoms with van der Waals surface area (Å²) in [7, 11) is 2.23. The summed E-state index contributed by atoms with van der Waals surface area (Å²) >= 11 is 0. The Hall–Kier alpha value is -0.120. The van der Waals surface area contributed by atoms with E-state index < -0.39 is 0 Å². The van der Waals surface area contributed by atoms with Crippen LogP contribution in [0.2, 0.25) is 0 Å². The Balaban J connectivity index is 1.57. The maximum atomic E-state index is 2.69. The second-order valence-electron chi connectivity index (χ2n) is 7.42. The van der Waals surface area contributed by atoms with Gasteiger partial charge in [-0.25, -0.2) is 0 Å². The molecule has 0 aromatic rings. The lowest BCUT2D eigenvalue weighted by molar-refractivity contribution is 0.00803. The lowest BCUT2D eigenvalue weighted by atomic mass is 9.90. The van der Waals surface area contributed by atoms with Gasteiger partial charge < -0.3 is 9.80 Å². The van der Waals surface area contributed by atoms with Crippen molar-refractivity contribution in [2.75, 3.05) is 52.9 Å². The SMILES string of the molecule is CN1CCN(C2CN(CCCC(C)(C)C)C2)CC1. The van der Waals surface area contributed by atoms with Crippen LogP contribution in [0.5, 0.6) is 0 Å². The van der Waals surface area contributed by atoms with Gasteiger partial charge in [0.15, 0.2) is 0 Å². The van der Waals surface area contributed by atoms with Crippen LogP contribution < -0.4 is 0 Å². The summed E-state index contributed by atoms with van der Waals surface area (Å²) in [6.45, 7) is 16.0. The van der Waals surface area contributed by atoms with E-state index in [-0.39, 0.29) is 0 Å². The molecule has 0 unspecified atom stereocenters. The van der Waals surface area contributed by atoms with Gasteiger partial charge in [-0.1, -0.05) is 20.8 Å². The molecule has 0 atom stereocenters. The van der Waals surface area contributed by atoms with Crippen molar-refractivity contribution >= 4 is 0 Å². The molecule has 2 aliphatic heterocycles. The Morgan fingerprint density at radius 1 is 1.00 bits per heavy atom. The number of likely N-dealkylation sites (N-methyl/N-ethyl adjacent to an activating group) is 1. The largest absolute Gasteiger partial charge is 0.304 e. The quantitative estimate of drug-likeness (QED) is 0.756. The third-order valence-electron chi connectivity index (χ3n) is 4.39. The van der Waals surface area contributed by atoms with Gasteiger partial charge in [-0.2, -0.15) is 0 Å². The smallest absolute Gasteiger partial charge is 0.0351 e. The molecular formula is C15H31N3. The first-order chi connectivity index (χ1) is 8.44. The van der Waals surface area contributed by atoms with Gasteiger partial charge in [0, 0.05) is 45.3 Å². The van der Waals surface area contributed by atoms with Crippen molar-refractivity contribution in [1.82, 2.24) is 14.7 Å². The number of piperazine rings is 1. The fourth-order valence-electron chi connectivity index (χ4n) is 2.98. The molecule has 2 saturated heterocycles. The normalized spacial score (nSPS) is 25.3. The molecule has 0 bridgehead atoms. The highest BCUT2D eigenvalue weighted by Crippen LogP contribution is 2.22. The third kappa shape index (κ3) is 4.22. The molecule has 106 valence electrons. The molecule has 0 aliphatic carbocycles. The molecule has 0 amide bonds. The second kappa shape index (κ2) is 5.89. The summed E-state index contributed by atoms with van der Waals surface area (Å²) in [6.07, 6.45) is 2.71. The van der Waals surface area contributed by atoms with Crippen molar-refractivity contribution in [2.45, 2.75) is 39.7 Å². The number of likely N-dealkylation sites (tertiary alicyclic amines) is 1. The van der Waals surface area contributed by atoms with Crippen molar-refractivity contribution in [3.05, 3.63) is 0 Å². The molecule has 3 heteroatoms. The van der Waals surface area contributed by atoms with E-state index in [1.54, 1.807) is 0 Å². The molecule has 0 aromatic carbocycles. The Kier molecular flexibility index (Phi) is 4.68. The van der Waals surface area contributed by atoms with Crippen LogP contribution in [0.4, 0.5) is 0 Å². The summed E-state index contributed by atoms with van der Waals surface area (Å²) in [5, 5.41) is 0. The van der Waals surface area contributed by atoms with Crippen LogP contribution in [0.3, 0.4) is 0 Å². The Bertz CT molecular complexity index is 245. The van der Waals surface area contributed by atoms with Crippen LogP contribution in [-0.4, -0.2) is 73.6 Å². The van der Waals surface area contributed by atoms with E-state index in [2.05, 4.69) is 42.5 Å². The average molecular weight is 253 g/mol. The van der Waals surface area contributed by atoms with Gasteiger partial charge >= 0.3 is 0 Å². The number of hydrogen-bond acceptors (Lipinski definition) is 3. The van der Waals surface area contributed by atoms with E-state index in [9.17, 15) is 0 Å². The van der Waals surface area contributed by atoms with Gasteiger partial charge in [-0.15, -0.1) is 0 Å². The number of hydrogen-bond donors (Lipinski definition) is 0. The summed E-state index contributed by atoms with van der Waals surface area (Å²) in [4.78, 5) is 7.77. The van der Waals surface area contributed by atoms with E-state index in [0.717, 1.165) is 6.04 Å². The molecule has 18 heavy (non-hydrogen) atoms. The minimum atomic E-state index is 0.502. The molecule has 0 radical (unpaired) electrons. The maximum absolute atomic E-state index is 2.69. The monoisotopic (exact) mass is 253 g/mol. The van der Waals surface area contributed by atoms with Crippen LogP contribution in [-0.2, 0) is 0 Å². The molecule has 2 rings (SSSR count). The predicted octanol–water partition coefficient (Wildman–Crippen LogP) is 1.74. The zero-order chi connectivity index (χ0) is 13.2. The van der Waals surface area contributed by atoms with Gasteiger partial charge in [0.2, 0.25) is 0 Å². The summed E-state index contributed by atoms with van der Waals surface area (Å²) in [5.74, 6) is 0. The predicted molar refractivity (Wildman–Crippen MR) is 78.0 cm³/mol. The molecule has 0 saturated carbocycles. The average Bonchev–Trinajstić information content (AvgIpc) is 2.22. The Morgan fingerprint density at radius 3 is 2.17 bits per heavy atom. The van der Waals surface area contributed by atoms with Crippen LogP contribution in [0, 0.1) is 5.41 Å². The first kappa shape index (κ1) is 14.3. The van der Waals surface area contributed by atoms with Gasteiger partial charge in [0.1, 0.15) is 0 Å². The highest BCUT2D eigenvalue weighted by Gasteiger charge is 2.32. The fourth-order valence-corrected chi connectivity index (χ4v) is 2.98. The van der Waals surface area contributed by atoms with Crippen LogP contribution in [0.15, 0.2) is 0 Å². The van der Waals surface area contributed by atoms with Crippen LogP contribution >= 0.6 is 0 Å². The molecular weight excluding hydrogens is 222 g/mol. The van der Waals surface area contributed by atoms with Crippen molar-refractivity contribution in [3.63, 3.8) is 0 Å². The van der Waals surface area contributed by atoms with Crippen molar-refractivity contribution < 1.29 is 0 Å². The standard InChI is InChI=1S/C15H31N3/c1-15(2,3)6-5-7-17-12-14(13-17)18-10-8-16(4)9-11-18/h14H,5-13H2,1-4H3. The third-order valence-corrected chi connectivity index (χ3v) is 4.39. The molecule has 2 aliphatic rings. The zero-order valence-electron chi connectivity index (χ0n) is 12.8. The molecule has 0 spiro atoms. The zero-order valence-corrected chi connectivity index (χ0v) is 12.8. The van der Waals surface area contributed by atoms with Gasteiger partial charge in [-0.3, -0.25) is 4.90 Å². The van der Waals surface area contributed by atoms with Gasteiger partial charge in [0.05, 0.1) is 0 Å². The van der Waals surface area contributed by atoms with Crippen LogP contribution in [0.1, 0.15) is 33.6 Å². The van der Waals surface area contributed by atoms with Crippen molar-refractivity contribution in [1.29, 1.82) is 0 Å². The number of rotatable bonds is 4. The van der Waals surface area contributed by atoms with Crippen molar-refractivity contribution in [2.24, 2.45) is 5.41 Å². The topological polar surface area (TPSA) is 9.72 Å². The molecule has 2 fully saturated rings. The van der Waals surface area contributed by atoms with E-state index >= 15 is 0 Å². The summed E-state index contributed by atoms with van der Waals surface area (Å²) < 4.78 is 0. The lowest BCUT2D eigenvalue weighted by Crippen LogP contribution is -2.62. The molecule has 3 nitrogen and oxygen atoms in total. The minimum absolute atomic E-state index is 0.502. The fraction of sp³-hybridized carbons (Fsp3) is 1.00. The summed E-state index contributed by atoms with van der Waals surface area (Å²) in [6, 6.07) is 0.855. The first-order valence-electron chi connectivity index (χ1n) is 7.59. The van der Waals surface area contributed by atoms with Crippen molar-refractivity contribution in [3.8, 4) is 0 Å². The van der Waals surface area contributed by atoms with E-state index in [0.29, 0.717) is 5.41 Å². The van der Waals surface area contributed by atoms with E-state index in [1.807, 2.05) is 0 Å². The number of nitrogens with zero attached hydrogens (tertiary/aromatic N) is 3. The first-order valence-corrected chi connectivity index (χ1v) is 7.59. The van der Waals surface area contributed by atoms with E-state index in [1.165, 1.54) is 58.7 Å². The molecule has 2 heterocycles. The molecule has 0 N–H and O–H groups in total. The molecule has 0 aromatic heterocycles. The van der Waals surface area contributed by atoms with E-state index in [4.69, 9.17) is 0 Å². The van der Waals surface area contributed by atoms with Gasteiger partial charge in [0.25, 0.3) is 0 Å². The summed E-state index contributed by atoms with van der Waals surface area (Å²) in [5.41, 5.74) is 0.502. The lowest BCUT2D eigenvalue weighted by Gasteiger charge is -2.48. The highest BCUT2D eigenvalue weighted by molar-refractivity contribution is 4.89. The van der Waals surface area contributed by atoms with Crippen LogP contribution in [0.25, 0.3) is 0 Å². The second-order valence-corrected chi connectivity index (χ2v) is 7.42. The maximum Gasteiger partial charge on any atom is 0.0351 e. The highest BCUT2D eigenvalue weighted by atomic mass is 15.3. The Labute approximate surface area is 113 Å².